The van der Waals surface area contributed by atoms with Crippen molar-refractivity contribution in [2.24, 2.45) is 0 Å². The molecule has 0 aromatic heterocycles. The Morgan fingerprint density at radius 3 is 2.61 bits per heavy atom. The van der Waals surface area contributed by atoms with Gasteiger partial charge in [-0.3, -0.25) is 0 Å². The predicted octanol–water partition coefficient (Wildman–Crippen LogP) is 3.72. The second-order valence-corrected chi connectivity index (χ2v) is 4.49. The number of rotatable bonds is 4. The predicted molar refractivity (Wildman–Crippen MR) is 75.7 cm³/mol. The summed E-state index contributed by atoms with van der Waals surface area (Å²) in [6.45, 7) is 4.75. The van der Waals surface area contributed by atoms with Crippen LogP contribution < -0.4 is 10.5 Å². The van der Waals surface area contributed by atoms with Gasteiger partial charge in [0.1, 0.15) is 12.4 Å². The van der Waals surface area contributed by atoms with Crippen LogP contribution in [0.4, 0.5) is 5.69 Å². The van der Waals surface area contributed by atoms with E-state index in [0.717, 1.165) is 23.4 Å². The van der Waals surface area contributed by atoms with Crippen LogP contribution in [-0.2, 0) is 13.0 Å². The van der Waals surface area contributed by atoms with Gasteiger partial charge >= 0.3 is 0 Å². The summed E-state index contributed by atoms with van der Waals surface area (Å²) in [5, 5.41) is 0. The Kier molecular flexibility index (Phi) is 3.88. The second-order valence-electron chi connectivity index (χ2n) is 4.49. The zero-order valence-electron chi connectivity index (χ0n) is 10.9. The molecule has 2 aromatic rings. The summed E-state index contributed by atoms with van der Waals surface area (Å²) in [6.07, 6.45) is 0.948. The van der Waals surface area contributed by atoms with Crippen molar-refractivity contribution >= 4 is 5.69 Å². The minimum Gasteiger partial charge on any atom is -0.489 e. The van der Waals surface area contributed by atoms with Crippen molar-refractivity contribution in [1.29, 1.82) is 0 Å². The smallest absolute Gasteiger partial charge is 0.121 e. The molecule has 0 atom stereocenters. The van der Waals surface area contributed by atoms with Gasteiger partial charge < -0.3 is 10.5 Å². The van der Waals surface area contributed by atoms with Crippen molar-refractivity contribution in [1.82, 2.24) is 0 Å². The van der Waals surface area contributed by atoms with E-state index in [1.165, 1.54) is 11.1 Å². The standard InChI is InChI=1S/C16H19NO/c1-3-14-7-8-15(10-16(14)17)18-11-13-6-4-5-12(2)9-13/h4-10H,3,11,17H2,1-2H3. The number of hydrogen-bond donors (Lipinski definition) is 1. The molecule has 0 aliphatic heterocycles. The average Bonchev–Trinajstić information content (AvgIpc) is 2.37. The number of nitrogens with two attached hydrogens (primary N) is 1. The van der Waals surface area contributed by atoms with Crippen molar-refractivity contribution in [3.8, 4) is 5.75 Å². The van der Waals surface area contributed by atoms with E-state index in [1.54, 1.807) is 0 Å². The molecule has 0 aliphatic rings. The van der Waals surface area contributed by atoms with Crippen LogP contribution in [0.5, 0.6) is 5.75 Å². The molecule has 0 saturated heterocycles. The third kappa shape index (κ3) is 3.04. The van der Waals surface area contributed by atoms with Gasteiger partial charge in [0.2, 0.25) is 0 Å². The van der Waals surface area contributed by atoms with Gasteiger partial charge in [-0.05, 0) is 30.5 Å². The third-order valence-electron chi connectivity index (χ3n) is 2.99. The third-order valence-corrected chi connectivity index (χ3v) is 2.99. The Bertz CT molecular complexity index is 534. The zero-order chi connectivity index (χ0) is 13.0. The molecule has 0 bridgehead atoms. The summed E-state index contributed by atoms with van der Waals surface area (Å²) in [5.74, 6) is 0.825. The largest absolute Gasteiger partial charge is 0.489 e. The van der Waals surface area contributed by atoms with Crippen molar-refractivity contribution in [2.75, 3.05) is 5.73 Å². The van der Waals surface area contributed by atoms with E-state index in [1.807, 2.05) is 24.3 Å². The normalized spacial score (nSPS) is 10.3. The van der Waals surface area contributed by atoms with Gasteiger partial charge in [-0.2, -0.15) is 0 Å². The van der Waals surface area contributed by atoms with E-state index in [9.17, 15) is 0 Å². The first-order chi connectivity index (χ1) is 8.69. The molecule has 18 heavy (non-hydrogen) atoms. The molecule has 0 unspecified atom stereocenters. The van der Waals surface area contributed by atoms with Crippen LogP contribution in [0, 0.1) is 6.92 Å². The summed E-state index contributed by atoms with van der Waals surface area (Å²) in [5.41, 5.74) is 10.3. The topological polar surface area (TPSA) is 35.2 Å². The fourth-order valence-corrected chi connectivity index (χ4v) is 1.95. The molecule has 2 rings (SSSR count). The van der Waals surface area contributed by atoms with E-state index >= 15 is 0 Å². The summed E-state index contributed by atoms with van der Waals surface area (Å²) >= 11 is 0. The summed E-state index contributed by atoms with van der Waals surface area (Å²) < 4.78 is 5.75. The zero-order valence-corrected chi connectivity index (χ0v) is 10.9. The lowest BCUT2D eigenvalue weighted by molar-refractivity contribution is 0.306. The van der Waals surface area contributed by atoms with Crippen LogP contribution in [0.2, 0.25) is 0 Å². The molecule has 94 valence electrons. The van der Waals surface area contributed by atoms with E-state index in [2.05, 4.69) is 32.0 Å². The van der Waals surface area contributed by atoms with Crippen LogP contribution in [0.25, 0.3) is 0 Å². The van der Waals surface area contributed by atoms with Crippen molar-refractivity contribution in [2.45, 2.75) is 26.9 Å². The summed E-state index contributed by atoms with van der Waals surface area (Å²) in [7, 11) is 0. The number of nitrogen functional groups attached to an aromatic ring is 1. The van der Waals surface area contributed by atoms with Gasteiger partial charge in [-0.25, -0.2) is 0 Å². The summed E-state index contributed by atoms with van der Waals surface area (Å²) in [4.78, 5) is 0. The second kappa shape index (κ2) is 5.58. The fourth-order valence-electron chi connectivity index (χ4n) is 1.95. The highest BCUT2D eigenvalue weighted by Gasteiger charge is 2.00. The minimum atomic E-state index is 0.576. The monoisotopic (exact) mass is 241 g/mol. The van der Waals surface area contributed by atoms with Gasteiger partial charge in [-0.15, -0.1) is 0 Å². The van der Waals surface area contributed by atoms with E-state index in [4.69, 9.17) is 10.5 Å². The quantitative estimate of drug-likeness (QED) is 0.828. The molecular formula is C16H19NO. The number of anilines is 1. The number of ether oxygens (including phenoxy) is 1. The highest BCUT2D eigenvalue weighted by Crippen LogP contribution is 2.21. The molecule has 0 spiro atoms. The van der Waals surface area contributed by atoms with Crippen LogP contribution in [0.1, 0.15) is 23.6 Å². The highest BCUT2D eigenvalue weighted by atomic mass is 16.5. The molecule has 0 fully saturated rings. The van der Waals surface area contributed by atoms with E-state index in [0.29, 0.717) is 6.61 Å². The first kappa shape index (κ1) is 12.5. The molecule has 0 amide bonds. The maximum Gasteiger partial charge on any atom is 0.121 e. The van der Waals surface area contributed by atoms with Crippen molar-refractivity contribution in [3.05, 3.63) is 59.2 Å². The highest BCUT2D eigenvalue weighted by molar-refractivity contribution is 5.51. The molecular weight excluding hydrogens is 222 g/mol. The minimum absolute atomic E-state index is 0.576. The Balaban J connectivity index is 2.04. The SMILES string of the molecule is CCc1ccc(OCc2cccc(C)c2)cc1N. The molecule has 2 nitrogen and oxygen atoms in total. The van der Waals surface area contributed by atoms with Gasteiger partial charge in [0.25, 0.3) is 0 Å². The Labute approximate surface area is 108 Å². The molecule has 0 heterocycles. The van der Waals surface area contributed by atoms with Gasteiger partial charge in [-0.1, -0.05) is 42.8 Å². The van der Waals surface area contributed by atoms with Crippen molar-refractivity contribution < 1.29 is 4.74 Å². The van der Waals surface area contributed by atoms with Gasteiger partial charge in [0, 0.05) is 11.8 Å². The lowest BCUT2D eigenvalue weighted by atomic mass is 10.1. The Morgan fingerprint density at radius 2 is 1.94 bits per heavy atom. The number of aryl methyl sites for hydroxylation is 2. The first-order valence-electron chi connectivity index (χ1n) is 6.26. The Morgan fingerprint density at radius 1 is 1.11 bits per heavy atom. The number of hydrogen-bond acceptors (Lipinski definition) is 2. The molecule has 0 aliphatic carbocycles. The maximum absolute atomic E-state index is 5.94. The molecule has 2 aromatic carbocycles. The van der Waals surface area contributed by atoms with Crippen LogP contribution in [0.3, 0.4) is 0 Å². The number of benzene rings is 2. The van der Waals surface area contributed by atoms with Crippen LogP contribution >= 0.6 is 0 Å². The summed E-state index contributed by atoms with van der Waals surface area (Å²) in [6, 6.07) is 14.2. The Hall–Kier alpha value is -1.96. The lowest BCUT2D eigenvalue weighted by Crippen LogP contribution is -1.98. The van der Waals surface area contributed by atoms with Gasteiger partial charge in [0.05, 0.1) is 0 Å². The lowest BCUT2D eigenvalue weighted by Gasteiger charge is -2.09. The van der Waals surface area contributed by atoms with Gasteiger partial charge in [0.15, 0.2) is 0 Å². The fraction of sp³-hybridized carbons (Fsp3) is 0.250. The van der Waals surface area contributed by atoms with Crippen LogP contribution in [0.15, 0.2) is 42.5 Å². The van der Waals surface area contributed by atoms with Crippen molar-refractivity contribution in [3.63, 3.8) is 0 Å². The molecule has 2 N–H and O–H groups in total. The first-order valence-corrected chi connectivity index (χ1v) is 6.26. The van der Waals surface area contributed by atoms with Crippen LogP contribution in [-0.4, -0.2) is 0 Å². The average molecular weight is 241 g/mol. The maximum atomic E-state index is 5.94. The van der Waals surface area contributed by atoms with E-state index < -0.39 is 0 Å². The molecule has 0 saturated carbocycles. The molecule has 2 heteroatoms. The van der Waals surface area contributed by atoms with E-state index in [-0.39, 0.29) is 0 Å². The molecule has 0 radical (unpaired) electrons.